The summed E-state index contributed by atoms with van der Waals surface area (Å²) in [5.74, 6) is -0.320. The number of hydrogen-bond donors (Lipinski definition) is 4. The summed E-state index contributed by atoms with van der Waals surface area (Å²) >= 11 is 0. The minimum Gasteiger partial charge on any atom is -0.364 e. The van der Waals surface area contributed by atoms with Gasteiger partial charge in [0.2, 0.25) is 23.6 Å². The number of benzene rings is 3. The van der Waals surface area contributed by atoms with Crippen molar-refractivity contribution in [2.45, 2.75) is 86.9 Å². The summed E-state index contributed by atoms with van der Waals surface area (Å²) < 4.78 is 0. The van der Waals surface area contributed by atoms with Gasteiger partial charge in [0, 0.05) is 17.8 Å². The van der Waals surface area contributed by atoms with Gasteiger partial charge in [-0.3, -0.25) is 19.2 Å². The number of carbonyl (C=O) groups excluding carboxylic acids is 4. The van der Waals surface area contributed by atoms with E-state index in [1.165, 1.54) is 0 Å². The second kappa shape index (κ2) is 9.82. The van der Waals surface area contributed by atoms with Gasteiger partial charge in [-0.2, -0.15) is 0 Å². The van der Waals surface area contributed by atoms with E-state index in [1.54, 1.807) is 9.80 Å². The quantitative estimate of drug-likeness (QED) is 0.344. The molecule has 10 heteroatoms. The molecule has 240 valence electrons. The van der Waals surface area contributed by atoms with Gasteiger partial charge in [-0.15, -0.1) is 0 Å². The van der Waals surface area contributed by atoms with Crippen LogP contribution in [0, 0.1) is 5.92 Å². The van der Waals surface area contributed by atoms with Crippen LogP contribution in [0.4, 0.5) is 11.4 Å². The lowest BCUT2D eigenvalue weighted by atomic mass is 9.54. The van der Waals surface area contributed by atoms with E-state index < -0.39 is 47.3 Å². The molecular formula is C37H38N6O4. The number of carbonyl (C=O) groups is 4. The zero-order valence-corrected chi connectivity index (χ0v) is 26.4. The monoisotopic (exact) mass is 630 g/mol. The fourth-order valence-electron chi connectivity index (χ4n) is 10.0. The molecule has 0 aliphatic carbocycles. The molecule has 0 radical (unpaired) electrons. The van der Waals surface area contributed by atoms with E-state index in [9.17, 15) is 19.2 Å². The number of amides is 4. The lowest BCUT2D eigenvalue weighted by molar-refractivity contribution is -0.149. The van der Waals surface area contributed by atoms with Crippen molar-refractivity contribution in [3.63, 3.8) is 0 Å². The third kappa shape index (κ3) is 3.61. The van der Waals surface area contributed by atoms with Crippen LogP contribution in [0.3, 0.4) is 0 Å². The molecule has 10 nitrogen and oxygen atoms in total. The number of anilines is 2. The van der Waals surface area contributed by atoms with Crippen LogP contribution < -0.4 is 21.3 Å². The first-order valence-electron chi connectivity index (χ1n) is 16.8. The highest BCUT2D eigenvalue weighted by molar-refractivity contribution is 6.01. The van der Waals surface area contributed by atoms with Crippen LogP contribution >= 0.6 is 0 Å². The van der Waals surface area contributed by atoms with Gasteiger partial charge in [0.1, 0.15) is 36.5 Å². The Morgan fingerprint density at radius 1 is 0.638 bits per heavy atom. The summed E-state index contributed by atoms with van der Waals surface area (Å²) in [5, 5.41) is 13.6. The van der Waals surface area contributed by atoms with E-state index in [4.69, 9.17) is 0 Å². The third-order valence-electron chi connectivity index (χ3n) is 11.7. The Kier molecular flexibility index (Phi) is 5.93. The predicted molar refractivity (Wildman–Crippen MR) is 175 cm³/mol. The second-order valence-electron chi connectivity index (χ2n) is 14.5. The molecule has 0 spiro atoms. The molecule has 6 aliphatic heterocycles. The molecule has 6 heterocycles. The van der Waals surface area contributed by atoms with Crippen molar-refractivity contribution in [2.24, 2.45) is 5.92 Å². The zero-order valence-electron chi connectivity index (χ0n) is 26.4. The van der Waals surface area contributed by atoms with Gasteiger partial charge in [0.15, 0.2) is 0 Å². The van der Waals surface area contributed by atoms with Crippen molar-refractivity contribution in [3.8, 4) is 0 Å². The van der Waals surface area contributed by atoms with Gasteiger partial charge in [0.05, 0.1) is 10.8 Å². The Labute approximate surface area is 273 Å². The van der Waals surface area contributed by atoms with E-state index in [-0.39, 0.29) is 29.5 Å². The standard InChI is InChI=1S/C37H38N6O4/c1-20(2)16-26-32(46)42-28(30(44)38-26)18-36(22-12-6-8-14-24(22)40-34(36)42)37-19-29-31(45)39-27(17-21-10-4-3-5-11-21)33(47)43(29)35(37)41-25-15-9-7-13-23(25)37/h3-15,20,26-29,34-35,40-41H,16-19H2,1-2H3,(H,38,44)(H,39,45)/t26-,27-,28-,29-,34+,35+,36-,37?/m0/s1. The van der Waals surface area contributed by atoms with Gasteiger partial charge in [-0.1, -0.05) is 80.6 Å². The minimum absolute atomic E-state index is 0.0878. The van der Waals surface area contributed by atoms with Crippen LogP contribution in [0.25, 0.3) is 0 Å². The smallest absolute Gasteiger partial charge is 0.247 e. The molecule has 3 aromatic carbocycles. The van der Waals surface area contributed by atoms with E-state index in [0.717, 1.165) is 28.1 Å². The molecule has 3 aromatic rings. The highest BCUT2D eigenvalue weighted by Crippen LogP contribution is 2.68. The van der Waals surface area contributed by atoms with Gasteiger partial charge in [-0.05, 0) is 54.0 Å². The number of hydrogen-bond acceptors (Lipinski definition) is 6. The SMILES string of the molecule is CC(C)C[C@@H]1NC(=O)[C@@H]2C[C@]3(C45C[C@H]6C(=O)N[C@@H](Cc7ccccc7)C(=O)N6[C@H]4Nc4ccccc45)c4ccccc4N[C@@H]3N2C1=O. The Hall–Kier alpha value is -4.86. The van der Waals surface area contributed by atoms with Crippen molar-refractivity contribution in [1.82, 2.24) is 20.4 Å². The molecule has 8 atom stereocenters. The minimum atomic E-state index is -0.835. The average molecular weight is 631 g/mol. The molecule has 0 saturated carbocycles. The van der Waals surface area contributed by atoms with Crippen LogP contribution in [0.1, 0.15) is 49.8 Å². The fourth-order valence-corrected chi connectivity index (χ4v) is 10.0. The summed E-state index contributed by atoms with van der Waals surface area (Å²) in [6, 6.07) is 23.2. The Balaban J connectivity index is 1.22. The summed E-state index contributed by atoms with van der Waals surface area (Å²) in [6.45, 7) is 4.10. The highest BCUT2D eigenvalue weighted by atomic mass is 16.2. The first-order valence-corrected chi connectivity index (χ1v) is 16.8. The topological polar surface area (TPSA) is 123 Å². The van der Waals surface area contributed by atoms with Crippen molar-refractivity contribution < 1.29 is 19.2 Å². The molecule has 1 unspecified atom stereocenters. The van der Waals surface area contributed by atoms with E-state index >= 15 is 0 Å². The third-order valence-corrected chi connectivity index (χ3v) is 11.7. The second-order valence-corrected chi connectivity index (χ2v) is 14.5. The van der Waals surface area contributed by atoms with Gasteiger partial charge >= 0.3 is 0 Å². The fraction of sp³-hybridized carbons (Fsp3) is 0.405. The zero-order chi connectivity index (χ0) is 32.2. The van der Waals surface area contributed by atoms with E-state index in [0.29, 0.717) is 25.7 Å². The molecule has 0 bridgehead atoms. The maximum atomic E-state index is 14.6. The molecule has 4 N–H and O–H groups in total. The first kappa shape index (κ1) is 28.4. The van der Waals surface area contributed by atoms with Crippen LogP contribution in [-0.4, -0.2) is 69.9 Å². The Morgan fingerprint density at radius 2 is 1.11 bits per heavy atom. The number of nitrogens with zero attached hydrogens (tertiary/aromatic N) is 2. The molecule has 47 heavy (non-hydrogen) atoms. The number of para-hydroxylation sites is 2. The van der Waals surface area contributed by atoms with Gasteiger partial charge in [-0.25, -0.2) is 0 Å². The predicted octanol–water partition coefficient (Wildman–Crippen LogP) is 2.85. The van der Waals surface area contributed by atoms with Crippen LogP contribution in [0.2, 0.25) is 0 Å². The van der Waals surface area contributed by atoms with Crippen molar-refractivity contribution in [2.75, 3.05) is 10.6 Å². The lowest BCUT2D eigenvalue weighted by Gasteiger charge is -2.48. The summed E-state index contributed by atoms with van der Waals surface area (Å²) in [7, 11) is 0. The van der Waals surface area contributed by atoms with Crippen molar-refractivity contribution in [3.05, 3.63) is 95.6 Å². The van der Waals surface area contributed by atoms with Crippen molar-refractivity contribution in [1.29, 1.82) is 0 Å². The average Bonchev–Trinajstić information content (AvgIpc) is 3.77. The molecule has 4 saturated heterocycles. The largest absolute Gasteiger partial charge is 0.364 e. The first-order chi connectivity index (χ1) is 22.7. The summed E-state index contributed by atoms with van der Waals surface area (Å²) in [4.78, 5) is 60.6. The summed E-state index contributed by atoms with van der Waals surface area (Å²) in [5.41, 5.74) is 3.15. The van der Waals surface area contributed by atoms with Gasteiger partial charge in [0.25, 0.3) is 0 Å². The Morgan fingerprint density at radius 3 is 1.64 bits per heavy atom. The molecule has 4 amide bonds. The van der Waals surface area contributed by atoms with Gasteiger partial charge < -0.3 is 31.1 Å². The molecule has 0 aromatic heterocycles. The maximum Gasteiger partial charge on any atom is 0.247 e. The van der Waals surface area contributed by atoms with E-state index in [1.807, 2.05) is 66.7 Å². The molecular weight excluding hydrogens is 592 g/mol. The summed E-state index contributed by atoms with van der Waals surface area (Å²) in [6.07, 6.45) is 0.545. The molecule has 6 aliphatic rings. The van der Waals surface area contributed by atoms with Crippen LogP contribution in [0.5, 0.6) is 0 Å². The van der Waals surface area contributed by atoms with E-state index in [2.05, 4.69) is 47.2 Å². The number of piperazine rings is 2. The normalized spacial score (nSPS) is 34.4. The molecule has 4 fully saturated rings. The molecule has 9 rings (SSSR count). The Bertz CT molecular complexity index is 1850. The number of fused-ring (bicyclic) bond motifs is 11. The van der Waals surface area contributed by atoms with Crippen LogP contribution in [0.15, 0.2) is 78.9 Å². The van der Waals surface area contributed by atoms with Crippen molar-refractivity contribution >= 4 is 35.0 Å². The number of rotatable bonds is 5. The highest BCUT2D eigenvalue weighted by Gasteiger charge is 2.78. The number of nitrogens with one attached hydrogen (secondary N) is 4. The maximum absolute atomic E-state index is 14.6. The lowest BCUT2D eigenvalue weighted by Crippen LogP contribution is -2.66. The van der Waals surface area contributed by atoms with Crippen LogP contribution in [-0.2, 0) is 36.4 Å².